The Morgan fingerprint density at radius 1 is 1.24 bits per heavy atom. The van der Waals surface area contributed by atoms with Crippen molar-refractivity contribution in [3.8, 4) is 5.69 Å². The predicted octanol–water partition coefficient (Wildman–Crippen LogP) is 0.537. The average Bonchev–Trinajstić information content (AvgIpc) is 2.83. The molecular weight excluding hydrogens is 333 g/mol. The quantitative estimate of drug-likeness (QED) is 0.605. The van der Waals surface area contributed by atoms with Crippen LogP contribution in [0.3, 0.4) is 0 Å². The number of hydrogen-bond donors (Lipinski definition) is 2. The summed E-state index contributed by atoms with van der Waals surface area (Å²) in [6.45, 7) is 1.41. The van der Waals surface area contributed by atoms with Gasteiger partial charge in [-0.15, -0.1) is 0 Å². The van der Waals surface area contributed by atoms with Crippen LogP contribution in [-0.4, -0.2) is 29.5 Å². The van der Waals surface area contributed by atoms with Crippen molar-refractivity contribution in [2.45, 2.75) is 6.92 Å². The van der Waals surface area contributed by atoms with Gasteiger partial charge in [-0.25, -0.2) is 9.18 Å². The number of rotatable bonds is 2. The van der Waals surface area contributed by atoms with E-state index in [0.717, 1.165) is 23.8 Å². The van der Waals surface area contributed by atoms with Crippen LogP contribution in [-0.2, 0) is 4.74 Å². The molecule has 1 aromatic carbocycles. The van der Waals surface area contributed by atoms with Crippen molar-refractivity contribution < 1.29 is 23.5 Å². The number of imide groups is 1. The maximum Gasteiger partial charge on any atom is 0.341 e. The first kappa shape index (κ1) is 16.4. The molecule has 2 aromatic rings. The lowest BCUT2D eigenvalue weighted by Crippen LogP contribution is -2.25. The van der Waals surface area contributed by atoms with Crippen molar-refractivity contribution in [1.82, 2.24) is 9.88 Å². The molecule has 0 spiro atoms. The molecule has 1 aliphatic heterocycles. The number of aromatic nitrogens is 1. The Bertz CT molecular complexity index is 1030. The third-order valence-corrected chi connectivity index (χ3v) is 3.97. The Balaban J connectivity index is 2.35. The van der Waals surface area contributed by atoms with Crippen molar-refractivity contribution in [2.24, 2.45) is 0 Å². The van der Waals surface area contributed by atoms with E-state index in [1.54, 1.807) is 0 Å². The fourth-order valence-corrected chi connectivity index (χ4v) is 2.79. The number of nitrogens with two attached hydrogens (primary N) is 1. The summed E-state index contributed by atoms with van der Waals surface area (Å²) in [6, 6.07) is 3.20. The highest BCUT2D eigenvalue weighted by Crippen LogP contribution is 2.26. The van der Waals surface area contributed by atoms with Gasteiger partial charge in [0.05, 0.1) is 23.9 Å². The number of fused-ring (bicyclic) bond motifs is 1. The molecule has 1 aliphatic rings. The molecule has 2 amide bonds. The van der Waals surface area contributed by atoms with E-state index in [-0.39, 0.29) is 33.8 Å². The number of nitrogens with one attached hydrogen (secondary N) is 1. The molecule has 0 bridgehead atoms. The average molecular weight is 345 g/mol. The molecule has 0 saturated heterocycles. The molecule has 1 aromatic heterocycles. The molecule has 0 unspecified atom stereocenters. The van der Waals surface area contributed by atoms with Gasteiger partial charge in [-0.05, 0) is 24.6 Å². The lowest BCUT2D eigenvalue weighted by molar-refractivity contribution is 0.0594. The van der Waals surface area contributed by atoms with E-state index < -0.39 is 29.2 Å². The number of ether oxygens (including phenoxy) is 1. The van der Waals surface area contributed by atoms with Crippen LogP contribution in [0.1, 0.15) is 36.6 Å². The normalized spacial score (nSPS) is 12.8. The van der Waals surface area contributed by atoms with E-state index in [4.69, 9.17) is 5.73 Å². The predicted molar refractivity (Wildman–Crippen MR) is 84.3 cm³/mol. The van der Waals surface area contributed by atoms with Crippen LogP contribution in [0.4, 0.5) is 10.2 Å². The molecule has 3 rings (SSSR count). The summed E-state index contributed by atoms with van der Waals surface area (Å²) in [5, 5.41) is 2.05. The third-order valence-electron chi connectivity index (χ3n) is 3.97. The van der Waals surface area contributed by atoms with E-state index in [9.17, 15) is 23.6 Å². The summed E-state index contributed by atoms with van der Waals surface area (Å²) in [6.07, 6.45) is 0. The molecule has 3 N–H and O–H groups in total. The zero-order chi connectivity index (χ0) is 18.5. The highest BCUT2D eigenvalue weighted by Gasteiger charge is 2.32. The zero-order valence-corrected chi connectivity index (χ0v) is 13.2. The second-order valence-electron chi connectivity index (χ2n) is 5.33. The van der Waals surface area contributed by atoms with E-state index in [2.05, 4.69) is 4.74 Å². The molecule has 2 heterocycles. The SMILES string of the molecule is COC(=O)c1c(F)ccc(-n2c(N)c3c(cc2=O)C(=O)NC3=O)c1C. The van der Waals surface area contributed by atoms with Crippen LogP contribution in [0.15, 0.2) is 23.0 Å². The van der Waals surface area contributed by atoms with Crippen LogP contribution < -0.4 is 16.6 Å². The maximum absolute atomic E-state index is 14.0. The number of nitrogens with zero attached hydrogens (tertiary/aromatic N) is 1. The monoisotopic (exact) mass is 345 g/mol. The third kappa shape index (κ3) is 2.28. The van der Waals surface area contributed by atoms with Crippen molar-refractivity contribution in [3.05, 3.63) is 56.6 Å². The van der Waals surface area contributed by atoms with E-state index in [1.807, 2.05) is 5.32 Å². The lowest BCUT2D eigenvalue weighted by atomic mass is 10.0. The smallest absolute Gasteiger partial charge is 0.341 e. The van der Waals surface area contributed by atoms with Crippen LogP contribution in [0, 0.1) is 12.7 Å². The van der Waals surface area contributed by atoms with Gasteiger partial charge < -0.3 is 10.5 Å². The van der Waals surface area contributed by atoms with Gasteiger partial charge in [0.15, 0.2) is 0 Å². The first-order chi connectivity index (χ1) is 11.8. The summed E-state index contributed by atoms with van der Waals surface area (Å²) in [7, 11) is 1.10. The van der Waals surface area contributed by atoms with Gasteiger partial charge in [0.25, 0.3) is 17.4 Å². The highest BCUT2D eigenvalue weighted by molar-refractivity contribution is 6.23. The van der Waals surface area contributed by atoms with Crippen molar-refractivity contribution in [3.63, 3.8) is 0 Å². The minimum Gasteiger partial charge on any atom is -0.465 e. The summed E-state index contributed by atoms with van der Waals surface area (Å²) in [5.41, 5.74) is 4.79. The van der Waals surface area contributed by atoms with Crippen LogP contribution in [0.5, 0.6) is 0 Å². The Kier molecular flexibility index (Phi) is 3.63. The van der Waals surface area contributed by atoms with Gasteiger partial charge in [0.2, 0.25) is 0 Å². The van der Waals surface area contributed by atoms with Crippen molar-refractivity contribution in [2.75, 3.05) is 12.8 Å². The first-order valence-corrected chi connectivity index (χ1v) is 7.07. The second-order valence-corrected chi connectivity index (χ2v) is 5.33. The Morgan fingerprint density at radius 2 is 1.92 bits per heavy atom. The number of carbonyl (C=O) groups is 3. The number of anilines is 1. The van der Waals surface area contributed by atoms with E-state index >= 15 is 0 Å². The molecule has 0 fully saturated rings. The molecule has 0 aliphatic carbocycles. The first-order valence-electron chi connectivity index (χ1n) is 7.07. The van der Waals surface area contributed by atoms with Crippen LogP contribution in [0.25, 0.3) is 5.69 Å². The number of esters is 1. The number of amides is 2. The Morgan fingerprint density at radius 3 is 2.56 bits per heavy atom. The maximum atomic E-state index is 14.0. The summed E-state index contributed by atoms with van der Waals surface area (Å²) < 4.78 is 19.5. The minimum absolute atomic E-state index is 0.0965. The topological polar surface area (TPSA) is 120 Å². The van der Waals surface area contributed by atoms with E-state index in [1.165, 1.54) is 13.0 Å². The summed E-state index contributed by atoms with van der Waals surface area (Å²) in [5.74, 6) is -3.48. The Hall–Kier alpha value is -3.49. The van der Waals surface area contributed by atoms with Crippen molar-refractivity contribution in [1.29, 1.82) is 0 Å². The van der Waals surface area contributed by atoms with Crippen LogP contribution >= 0.6 is 0 Å². The zero-order valence-electron chi connectivity index (χ0n) is 13.2. The molecule has 128 valence electrons. The van der Waals surface area contributed by atoms with Gasteiger partial charge in [0, 0.05) is 6.07 Å². The fraction of sp³-hybridized carbons (Fsp3) is 0.125. The summed E-state index contributed by atoms with van der Waals surface area (Å²) in [4.78, 5) is 47.8. The number of hydrogen-bond acceptors (Lipinski definition) is 6. The van der Waals surface area contributed by atoms with Gasteiger partial charge in [-0.1, -0.05) is 0 Å². The minimum atomic E-state index is -0.919. The van der Waals surface area contributed by atoms with Crippen LogP contribution in [0.2, 0.25) is 0 Å². The second kappa shape index (κ2) is 5.55. The number of methoxy groups -OCH3 is 1. The number of halogens is 1. The molecule has 9 heteroatoms. The molecule has 8 nitrogen and oxygen atoms in total. The lowest BCUT2D eigenvalue weighted by Gasteiger charge is -2.16. The standard InChI is InChI=1S/C16H12FN3O5/c1-6-9(4-3-8(17)11(6)16(24)25-2)20-10(21)5-7-12(13(20)18)15(23)19-14(7)22/h3-5H,18H2,1-2H3,(H,19,22,23). The van der Waals surface area contributed by atoms with Crippen molar-refractivity contribution >= 4 is 23.6 Å². The molecular formula is C16H12FN3O5. The molecule has 0 saturated carbocycles. The number of benzene rings is 1. The van der Waals surface area contributed by atoms with Gasteiger partial charge in [0.1, 0.15) is 17.2 Å². The van der Waals surface area contributed by atoms with E-state index in [0.29, 0.717) is 0 Å². The Labute approximate surface area is 140 Å². The largest absolute Gasteiger partial charge is 0.465 e. The number of carbonyl (C=O) groups excluding carboxylic acids is 3. The molecule has 0 atom stereocenters. The number of nitrogen functional groups attached to an aromatic ring is 1. The fourth-order valence-electron chi connectivity index (χ4n) is 2.79. The number of pyridine rings is 1. The van der Waals surface area contributed by atoms with Gasteiger partial charge in [-0.3, -0.25) is 24.3 Å². The molecule has 0 radical (unpaired) electrons. The highest BCUT2D eigenvalue weighted by atomic mass is 19.1. The van der Waals surface area contributed by atoms with Gasteiger partial charge in [-0.2, -0.15) is 0 Å². The van der Waals surface area contributed by atoms with Gasteiger partial charge >= 0.3 is 5.97 Å². The summed E-state index contributed by atoms with van der Waals surface area (Å²) >= 11 is 0. The molecule has 25 heavy (non-hydrogen) atoms.